The van der Waals surface area contributed by atoms with E-state index in [0.29, 0.717) is 0 Å². The SMILES string of the molecule is CC.CCCC/C(=C\C(=O)/C(=C/c1cccc(C)c1)C(=O)OC)CCC.COC. The molecule has 0 aliphatic rings. The van der Waals surface area contributed by atoms with Gasteiger partial charge in [0.15, 0.2) is 5.78 Å². The van der Waals surface area contributed by atoms with Gasteiger partial charge in [-0.3, -0.25) is 4.79 Å². The van der Waals surface area contributed by atoms with Crippen LogP contribution in [0.1, 0.15) is 70.9 Å². The van der Waals surface area contributed by atoms with Gasteiger partial charge in [-0.15, -0.1) is 0 Å². The molecule has 0 fully saturated rings. The Labute approximate surface area is 178 Å². The number of hydrogen-bond donors (Lipinski definition) is 0. The van der Waals surface area contributed by atoms with Crippen LogP contribution in [0.4, 0.5) is 0 Å². The van der Waals surface area contributed by atoms with Crippen molar-refractivity contribution in [3.63, 3.8) is 0 Å². The Bertz CT molecular complexity index is 642. The van der Waals surface area contributed by atoms with Crippen molar-refractivity contribution in [1.29, 1.82) is 0 Å². The zero-order chi connectivity index (χ0) is 22.7. The number of benzene rings is 1. The van der Waals surface area contributed by atoms with Crippen molar-refractivity contribution in [3.8, 4) is 0 Å². The number of carbonyl (C=O) groups excluding carboxylic acids is 2. The minimum Gasteiger partial charge on any atom is -0.465 e. The smallest absolute Gasteiger partial charge is 0.341 e. The predicted octanol–water partition coefficient (Wildman–Crippen LogP) is 6.33. The lowest BCUT2D eigenvalue weighted by Gasteiger charge is -2.07. The van der Waals surface area contributed by atoms with Crippen molar-refractivity contribution < 1.29 is 19.1 Å². The van der Waals surface area contributed by atoms with E-state index >= 15 is 0 Å². The number of unbranched alkanes of at least 4 members (excludes halogenated alkanes) is 1. The summed E-state index contributed by atoms with van der Waals surface area (Å²) in [4.78, 5) is 24.7. The molecule has 0 saturated carbocycles. The summed E-state index contributed by atoms with van der Waals surface area (Å²) in [7, 11) is 4.55. The van der Waals surface area contributed by atoms with Gasteiger partial charge in [0.25, 0.3) is 0 Å². The molecule has 0 saturated heterocycles. The van der Waals surface area contributed by atoms with Crippen LogP contribution < -0.4 is 0 Å². The van der Waals surface area contributed by atoms with E-state index < -0.39 is 5.97 Å². The molecule has 0 heterocycles. The number of rotatable bonds is 9. The predicted molar refractivity (Wildman–Crippen MR) is 123 cm³/mol. The first-order chi connectivity index (χ1) is 13.9. The van der Waals surface area contributed by atoms with Gasteiger partial charge in [0.1, 0.15) is 5.57 Å². The van der Waals surface area contributed by atoms with Crippen molar-refractivity contribution in [1.82, 2.24) is 0 Å². The number of ketones is 1. The van der Waals surface area contributed by atoms with Crippen LogP contribution in [0.25, 0.3) is 6.08 Å². The van der Waals surface area contributed by atoms with Crippen LogP contribution in [-0.2, 0) is 19.1 Å². The Kier molecular flexibility index (Phi) is 19.1. The Hall–Kier alpha value is -2.20. The molecule has 4 nitrogen and oxygen atoms in total. The molecule has 1 aromatic carbocycles. The lowest BCUT2D eigenvalue weighted by Crippen LogP contribution is -2.13. The zero-order valence-corrected chi connectivity index (χ0v) is 19.6. The van der Waals surface area contributed by atoms with E-state index in [2.05, 4.69) is 18.6 Å². The molecule has 29 heavy (non-hydrogen) atoms. The number of hydrogen-bond acceptors (Lipinski definition) is 4. The minimum absolute atomic E-state index is 0.0770. The minimum atomic E-state index is -0.593. The maximum Gasteiger partial charge on any atom is 0.341 e. The van der Waals surface area contributed by atoms with Gasteiger partial charge in [-0.1, -0.05) is 75.9 Å². The van der Waals surface area contributed by atoms with E-state index in [1.54, 1.807) is 26.4 Å². The Morgan fingerprint density at radius 2 is 1.62 bits per heavy atom. The molecule has 0 N–H and O–H groups in total. The second kappa shape index (κ2) is 19.1. The van der Waals surface area contributed by atoms with Gasteiger partial charge in [-0.05, 0) is 43.9 Å². The number of ether oxygens (including phenoxy) is 2. The van der Waals surface area contributed by atoms with Gasteiger partial charge in [0.2, 0.25) is 0 Å². The van der Waals surface area contributed by atoms with Crippen molar-refractivity contribution in [3.05, 3.63) is 52.6 Å². The van der Waals surface area contributed by atoms with Crippen LogP contribution in [0.5, 0.6) is 0 Å². The normalized spacial score (nSPS) is 10.9. The summed E-state index contributed by atoms with van der Waals surface area (Å²) in [5.74, 6) is -0.869. The summed E-state index contributed by atoms with van der Waals surface area (Å²) in [5.41, 5.74) is 3.07. The van der Waals surface area contributed by atoms with Crippen molar-refractivity contribution in [2.45, 2.75) is 66.7 Å². The highest BCUT2D eigenvalue weighted by atomic mass is 16.5. The standard InChI is InChI=1S/C21H28O3.C2H6O.C2H6/c1-5-7-11-17(9-6-2)15-20(22)19(21(23)24-4)14-18-12-8-10-16(3)13-18;1-3-2;1-2/h8,10,12-15H,5-7,9,11H2,1-4H3;1-2H3;1-2H3/b17-15-,19-14-;;. The largest absolute Gasteiger partial charge is 0.465 e. The highest BCUT2D eigenvalue weighted by Gasteiger charge is 2.17. The molecule has 0 radical (unpaired) electrons. The molecular formula is C25H40O4. The fourth-order valence-corrected chi connectivity index (χ4v) is 2.52. The zero-order valence-electron chi connectivity index (χ0n) is 19.6. The molecule has 4 heteroatoms. The maximum absolute atomic E-state index is 12.6. The van der Waals surface area contributed by atoms with E-state index in [9.17, 15) is 9.59 Å². The maximum atomic E-state index is 12.6. The number of methoxy groups -OCH3 is 2. The molecular weight excluding hydrogens is 364 g/mol. The Morgan fingerprint density at radius 1 is 1.00 bits per heavy atom. The monoisotopic (exact) mass is 404 g/mol. The van der Waals surface area contributed by atoms with Gasteiger partial charge < -0.3 is 9.47 Å². The van der Waals surface area contributed by atoms with Crippen LogP contribution in [0.2, 0.25) is 0 Å². The summed E-state index contributed by atoms with van der Waals surface area (Å²) in [6, 6.07) is 7.68. The quantitative estimate of drug-likeness (QED) is 0.209. The summed E-state index contributed by atoms with van der Waals surface area (Å²) < 4.78 is 9.05. The Balaban J connectivity index is 0. The fourth-order valence-electron chi connectivity index (χ4n) is 2.52. The van der Waals surface area contributed by atoms with Gasteiger partial charge in [0, 0.05) is 14.2 Å². The molecule has 1 rings (SSSR count). The number of carbonyl (C=O) groups is 2. The third-order valence-corrected chi connectivity index (χ3v) is 3.78. The summed E-state index contributed by atoms with van der Waals surface area (Å²) in [5, 5.41) is 0. The van der Waals surface area contributed by atoms with Crippen LogP contribution >= 0.6 is 0 Å². The molecule has 1 aromatic rings. The van der Waals surface area contributed by atoms with Crippen molar-refractivity contribution in [2.24, 2.45) is 0 Å². The van der Waals surface area contributed by atoms with Gasteiger partial charge in [-0.2, -0.15) is 0 Å². The molecule has 0 amide bonds. The van der Waals surface area contributed by atoms with E-state index in [4.69, 9.17) is 4.74 Å². The lowest BCUT2D eigenvalue weighted by molar-refractivity contribution is -0.137. The highest BCUT2D eigenvalue weighted by Crippen LogP contribution is 2.17. The number of esters is 1. The first-order valence-corrected chi connectivity index (χ1v) is 10.4. The van der Waals surface area contributed by atoms with Crippen LogP contribution in [0, 0.1) is 6.92 Å². The van der Waals surface area contributed by atoms with Gasteiger partial charge in [-0.25, -0.2) is 4.79 Å². The average molecular weight is 405 g/mol. The molecule has 0 bridgehead atoms. The third-order valence-electron chi connectivity index (χ3n) is 3.78. The third kappa shape index (κ3) is 13.6. The second-order valence-electron chi connectivity index (χ2n) is 6.39. The summed E-state index contributed by atoms with van der Waals surface area (Å²) >= 11 is 0. The highest BCUT2D eigenvalue weighted by molar-refractivity contribution is 6.24. The van der Waals surface area contributed by atoms with Crippen LogP contribution in [0.3, 0.4) is 0 Å². The van der Waals surface area contributed by atoms with E-state index in [1.807, 2.05) is 45.0 Å². The number of allylic oxidation sites excluding steroid dienone is 2. The van der Waals surface area contributed by atoms with Crippen molar-refractivity contribution in [2.75, 3.05) is 21.3 Å². The van der Waals surface area contributed by atoms with Crippen molar-refractivity contribution >= 4 is 17.8 Å². The van der Waals surface area contributed by atoms with Crippen LogP contribution in [-0.4, -0.2) is 33.1 Å². The first kappa shape index (κ1) is 29.0. The van der Waals surface area contributed by atoms with Gasteiger partial charge >= 0.3 is 5.97 Å². The van der Waals surface area contributed by atoms with Gasteiger partial charge in [0.05, 0.1) is 7.11 Å². The van der Waals surface area contributed by atoms with Crippen LogP contribution in [0.15, 0.2) is 41.5 Å². The molecule has 0 aliphatic heterocycles. The van der Waals surface area contributed by atoms with E-state index in [1.165, 1.54) is 7.11 Å². The Morgan fingerprint density at radius 3 is 2.10 bits per heavy atom. The molecule has 164 valence electrons. The topological polar surface area (TPSA) is 52.6 Å². The molecule has 0 unspecified atom stereocenters. The molecule has 0 aliphatic carbocycles. The summed E-state index contributed by atoms with van der Waals surface area (Å²) in [6.07, 6.45) is 8.13. The fraction of sp³-hybridized carbons (Fsp3) is 0.520. The molecule has 0 atom stereocenters. The molecule has 0 aromatic heterocycles. The second-order valence-corrected chi connectivity index (χ2v) is 6.39. The first-order valence-electron chi connectivity index (χ1n) is 10.4. The lowest BCUT2D eigenvalue weighted by atomic mass is 9.99. The average Bonchev–Trinajstić information content (AvgIpc) is 2.72. The molecule has 0 spiro atoms. The van der Waals surface area contributed by atoms with E-state index in [0.717, 1.165) is 48.8 Å². The summed E-state index contributed by atoms with van der Waals surface area (Å²) in [6.45, 7) is 10.2. The van der Waals surface area contributed by atoms with E-state index in [-0.39, 0.29) is 11.4 Å². The number of aryl methyl sites for hydroxylation is 1.